The minimum absolute atomic E-state index is 0.715. The van der Waals surface area contributed by atoms with Gasteiger partial charge in [0.25, 0.3) is 0 Å². The maximum Gasteiger partial charge on any atom is 0.0405 e. The van der Waals surface area contributed by atoms with Crippen LogP contribution < -0.4 is 0 Å². The SMILES string of the molecule is C(#Cc1cc(C#Cc2ccccc2)cc(C#Cc2cc(C#Cc3ccc(C#Cc4cc(C#Cc5ccc(C#Cc6cc(C#Cc7cc(C#Cc8ccccc8)cc(C#Cc8ccccc8)c7)cc(C#Cc7cc(C#Cc8ccccc8)cc(C#Cc8ccccc8)c7)c6)cc5)cc(C#Cc5c6ccccc6cc6ccccc56)c4)cc3)cc(C#Cc3cc(C#Cc4ccccc4)cc(C#Cc4ccccc4)c3)c2)c1)c1ccccc1. The first-order valence-electron chi connectivity index (χ1n) is 48.5. The summed E-state index contributed by atoms with van der Waals surface area (Å²) in [6, 6.07) is 156. The highest BCUT2D eigenvalue weighted by Gasteiger charge is 2.11. The van der Waals surface area contributed by atoms with Gasteiger partial charge in [0.1, 0.15) is 0 Å². The minimum Gasteiger partial charge on any atom is -0.0622 e. The fourth-order valence-electron chi connectivity index (χ4n) is 15.9. The Hall–Kier alpha value is -22.6. The summed E-state index contributed by atoms with van der Waals surface area (Å²) in [4.78, 5) is 0. The monoisotopic (exact) mass is 1880 g/mol. The third-order valence-electron chi connectivity index (χ3n) is 23.2. The minimum atomic E-state index is 0.715. The molecule has 150 heavy (non-hydrogen) atoms. The molecule has 20 aromatic rings. The Kier molecular flexibility index (Phi) is 30.4. The highest BCUT2D eigenvalue weighted by atomic mass is 14.1. The van der Waals surface area contributed by atoms with Crippen LogP contribution in [0.3, 0.4) is 0 Å². The summed E-state index contributed by atoms with van der Waals surface area (Å²) in [5.41, 5.74) is 27.2. The molecule has 0 saturated carbocycles. The molecule has 20 rings (SSSR count). The number of rotatable bonds is 0. The van der Waals surface area contributed by atoms with Gasteiger partial charge in [-0.3, -0.25) is 0 Å². The van der Waals surface area contributed by atoms with Crippen molar-refractivity contribution in [3.8, 4) is 201 Å². The fraction of sp³-hybridized carbons (Fsp3) is 0. The first-order valence-corrected chi connectivity index (χ1v) is 48.5. The van der Waals surface area contributed by atoms with E-state index in [-0.39, 0.29) is 0 Å². The lowest BCUT2D eigenvalue weighted by Crippen LogP contribution is -1.88. The van der Waals surface area contributed by atoms with Crippen LogP contribution in [0.2, 0.25) is 0 Å². The van der Waals surface area contributed by atoms with E-state index in [1.807, 2.05) is 419 Å². The Morgan fingerprint density at radius 1 is 0.0733 bits per heavy atom. The van der Waals surface area contributed by atoms with E-state index >= 15 is 0 Å². The summed E-state index contributed by atoms with van der Waals surface area (Å²) >= 11 is 0. The molecule has 0 aliphatic carbocycles. The van der Waals surface area contributed by atoms with E-state index in [9.17, 15) is 0 Å². The van der Waals surface area contributed by atoms with Crippen molar-refractivity contribution in [1.29, 1.82) is 0 Å². The van der Waals surface area contributed by atoms with Gasteiger partial charge in [0.15, 0.2) is 0 Å². The molecule has 0 aromatic heterocycles. The van der Waals surface area contributed by atoms with Crippen molar-refractivity contribution in [2.45, 2.75) is 0 Å². The van der Waals surface area contributed by atoms with E-state index in [1.165, 1.54) is 0 Å². The van der Waals surface area contributed by atoms with Gasteiger partial charge in [-0.05, 0) is 301 Å². The number of hydrogen-bond donors (Lipinski definition) is 0. The molecule has 0 aliphatic rings. The van der Waals surface area contributed by atoms with Gasteiger partial charge in [-0.25, -0.2) is 0 Å². The van der Waals surface area contributed by atoms with Crippen LogP contribution in [0.15, 0.2) is 473 Å². The van der Waals surface area contributed by atoms with Crippen LogP contribution in [0.1, 0.15) is 189 Å². The molecule has 0 spiro atoms. The molecule has 0 heteroatoms. The lowest BCUT2D eigenvalue weighted by atomic mass is 9.96. The van der Waals surface area contributed by atoms with Crippen LogP contribution in [0.25, 0.3) is 21.5 Å². The van der Waals surface area contributed by atoms with Gasteiger partial charge >= 0.3 is 0 Å². The second-order valence-electron chi connectivity index (χ2n) is 34.6. The zero-order chi connectivity index (χ0) is 101. The Labute approximate surface area is 878 Å². The quantitative estimate of drug-likeness (QED) is 0.105. The summed E-state index contributed by atoms with van der Waals surface area (Å²) in [5, 5.41) is 4.37. The van der Waals surface area contributed by atoms with E-state index in [0.29, 0.717) is 22.3 Å². The lowest BCUT2D eigenvalue weighted by Gasteiger charge is -2.06. The normalized spacial score (nSPS) is 9.63. The zero-order valence-corrected chi connectivity index (χ0v) is 81.0. The maximum atomic E-state index is 3.62. The summed E-state index contributed by atoms with van der Waals surface area (Å²) in [5.74, 6) is 116. The van der Waals surface area contributed by atoms with Crippen molar-refractivity contribution in [3.05, 3.63) is 662 Å². The average Bonchev–Trinajstić information content (AvgIpc) is 0.771. The number of hydrogen-bond acceptors (Lipinski definition) is 0. The molecule has 0 heterocycles. The number of benzene rings is 20. The van der Waals surface area contributed by atoms with Crippen LogP contribution in [0, 0.1) is 201 Å². The largest absolute Gasteiger partial charge is 0.0622 e. The van der Waals surface area contributed by atoms with Crippen molar-refractivity contribution in [2.75, 3.05) is 0 Å². The van der Waals surface area contributed by atoms with Crippen LogP contribution in [-0.2, 0) is 0 Å². The lowest BCUT2D eigenvalue weighted by molar-refractivity contribution is 1.53. The van der Waals surface area contributed by atoms with Gasteiger partial charge in [-0.1, -0.05) is 395 Å². The van der Waals surface area contributed by atoms with E-state index in [2.05, 4.69) is 256 Å². The molecular formula is C150H78. The first-order chi connectivity index (χ1) is 74.1. The summed E-state index contributed by atoms with van der Waals surface area (Å²) in [7, 11) is 0. The molecule has 0 radical (unpaired) electrons. The van der Waals surface area contributed by atoms with E-state index in [4.69, 9.17) is 0 Å². The Balaban J connectivity index is 0.619. The molecule has 0 nitrogen and oxygen atoms in total. The molecule has 678 valence electrons. The Bertz CT molecular complexity index is 8640. The third kappa shape index (κ3) is 27.8. The van der Waals surface area contributed by atoms with Gasteiger partial charge in [0.2, 0.25) is 0 Å². The van der Waals surface area contributed by atoms with E-state index < -0.39 is 0 Å². The summed E-state index contributed by atoms with van der Waals surface area (Å²) < 4.78 is 0. The van der Waals surface area contributed by atoms with Gasteiger partial charge < -0.3 is 0 Å². The van der Waals surface area contributed by atoms with Crippen molar-refractivity contribution >= 4 is 21.5 Å². The van der Waals surface area contributed by atoms with Crippen molar-refractivity contribution in [3.63, 3.8) is 0 Å². The number of fused-ring (bicyclic) bond motifs is 2. The second-order valence-corrected chi connectivity index (χ2v) is 34.6. The molecule has 0 aliphatic heterocycles. The third-order valence-corrected chi connectivity index (χ3v) is 23.2. The van der Waals surface area contributed by atoms with Crippen LogP contribution in [-0.4, -0.2) is 0 Å². The van der Waals surface area contributed by atoms with Crippen LogP contribution in [0.5, 0.6) is 0 Å². The van der Waals surface area contributed by atoms with Crippen molar-refractivity contribution in [2.24, 2.45) is 0 Å². The van der Waals surface area contributed by atoms with Gasteiger partial charge in [0, 0.05) is 189 Å². The van der Waals surface area contributed by atoms with Gasteiger partial charge in [-0.15, -0.1) is 0 Å². The summed E-state index contributed by atoms with van der Waals surface area (Å²) in [6.45, 7) is 0. The Morgan fingerprint density at radius 3 is 0.307 bits per heavy atom. The van der Waals surface area contributed by atoms with Crippen LogP contribution in [0.4, 0.5) is 0 Å². The highest BCUT2D eigenvalue weighted by molar-refractivity contribution is 6.05. The molecule has 0 saturated heterocycles. The van der Waals surface area contributed by atoms with Crippen molar-refractivity contribution < 1.29 is 0 Å². The highest BCUT2D eigenvalue weighted by Crippen LogP contribution is 2.29. The zero-order valence-electron chi connectivity index (χ0n) is 81.0. The fourth-order valence-corrected chi connectivity index (χ4v) is 15.9. The molecule has 0 N–H and O–H groups in total. The maximum absolute atomic E-state index is 3.62. The smallest absolute Gasteiger partial charge is 0.0405 e. The molecule has 0 unspecified atom stereocenters. The predicted octanol–water partition coefficient (Wildman–Crippen LogP) is 27.8. The second kappa shape index (κ2) is 48.1. The van der Waals surface area contributed by atoms with E-state index in [1.54, 1.807) is 0 Å². The molecule has 20 aromatic carbocycles. The topological polar surface area (TPSA) is 0 Å². The molecular weight excluding hydrogens is 1800 g/mol. The predicted molar refractivity (Wildman–Crippen MR) is 613 cm³/mol. The van der Waals surface area contributed by atoms with Crippen molar-refractivity contribution in [1.82, 2.24) is 0 Å². The van der Waals surface area contributed by atoms with Crippen LogP contribution >= 0.6 is 0 Å². The first kappa shape index (κ1) is 95.0. The average molecular weight is 1880 g/mol. The summed E-state index contributed by atoms with van der Waals surface area (Å²) in [6.07, 6.45) is 0. The molecule has 0 fully saturated rings. The molecule has 0 bridgehead atoms. The van der Waals surface area contributed by atoms with Gasteiger partial charge in [-0.2, -0.15) is 0 Å². The Morgan fingerprint density at radius 2 is 0.173 bits per heavy atom. The van der Waals surface area contributed by atoms with Gasteiger partial charge in [0.05, 0.1) is 0 Å². The molecule has 0 amide bonds. The molecule has 0 atom stereocenters. The van der Waals surface area contributed by atoms with E-state index in [0.717, 1.165) is 188 Å². The standard InChI is InChI=1S/C150H78/c1-9-29-113(30-10-1)57-69-125-91-126(70-58-114-31-11-2-12-32-114)97-137(96-125)81-85-141-104-133(105-142(108-141)86-82-138-98-127(71-59-115-33-13-3-14-34-115)92-128(99-138)72-60-116-35-15-4-16-36-116)77-65-121-49-53-123(54-50-121)67-79-135-95-136(111-145(110-135)89-90-150-148-47-27-25-45-146(148)112-147-46-26-28-48-149(147)150)80-68-124-55-51-122(52-56-124)66-78-134-106-143(87-83-139-100-129(73-61-117-37-17-5-18-38-117)93-130(101-139)74-62-118-39-19-6-20-40-118)109-144(107-134)88-84-140-102-131(75-63-119-41-21-7-22-42-119)94-132(103-140)76-64-120-43-23-8-24-44-120/h1-56,91-112H.